The summed E-state index contributed by atoms with van der Waals surface area (Å²) in [6, 6.07) is 8.26. The van der Waals surface area contributed by atoms with Crippen LogP contribution in [-0.4, -0.2) is 81.6 Å². The Kier molecular flexibility index (Phi) is 7.66. The van der Waals surface area contributed by atoms with Gasteiger partial charge in [0.2, 0.25) is 5.95 Å². The first-order valence-electron chi connectivity index (χ1n) is 13.9. The second kappa shape index (κ2) is 11.3. The predicted molar refractivity (Wildman–Crippen MR) is 150 cm³/mol. The van der Waals surface area contributed by atoms with E-state index in [9.17, 15) is 9.90 Å². The normalized spacial score (nSPS) is 26.2. The number of fused-ring (bicyclic) bond motifs is 1. The molecule has 11 heteroatoms. The molecule has 6 rings (SSSR count). The highest BCUT2D eigenvalue weighted by Gasteiger charge is 2.25. The minimum atomic E-state index is -0.302. The van der Waals surface area contributed by atoms with Crippen LogP contribution in [0.1, 0.15) is 55.9 Å². The largest absolute Gasteiger partial charge is 0.447 e. The van der Waals surface area contributed by atoms with Crippen LogP contribution in [0.2, 0.25) is 0 Å². The highest BCUT2D eigenvalue weighted by atomic mass is 32.1. The SMILES string of the molecule is C[C@@H]1CN(Cc2cc(Cc3nc4ccc(N5CCOC5=O)cc4s3)nc(NC3CCC(O)CC3)n2)C[C@H](C)O1. The zero-order chi connectivity index (χ0) is 26.9. The molecule has 0 unspecified atom stereocenters. The third kappa shape index (κ3) is 6.32. The number of aromatic nitrogens is 3. The molecule has 1 amide bonds. The number of rotatable bonds is 7. The van der Waals surface area contributed by atoms with E-state index < -0.39 is 0 Å². The highest BCUT2D eigenvalue weighted by molar-refractivity contribution is 7.18. The summed E-state index contributed by atoms with van der Waals surface area (Å²) in [5.41, 5.74) is 3.66. The number of anilines is 2. The quantitative estimate of drug-likeness (QED) is 0.450. The van der Waals surface area contributed by atoms with Crippen LogP contribution in [0.15, 0.2) is 24.3 Å². The Morgan fingerprint density at radius 3 is 2.56 bits per heavy atom. The van der Waals surface area contributed by atoms with E-state index in [1.165, 1.54) is 0 Å². The maximum absolute atomic E-state index is 12.0. The van der Waals surface area contributed by atoms with Crippen molar-refractivity contribution in [2.75, 3.05) is 36.5 Å². The Labute approximate surface area is 232 Å². The fourth-order valence-corrected chi connectivity index (χ4v) is 6.84. The van der Waals surface area contributed by atoms with Crippen molar-refractivity contribution in [1.29, 1.82) is 0 Å². The van der Waals surface area contributed by atoms with Crippen molar-refractivity contribution in [1.82, 2.24) is 19.9 Å². The minimum absolute atomic E-state index is 0.191. The van der Waals surface area contributed by atoms with Gasteiger partial charge in [0.1, 0.15) is 6.61 Å². The van der Waals surface area contributed by atoms with E-state index in [2.05, 4.69) is 30.1 Å². The van der Waals surface area contributed by atoms with Crippen molar-refractivity contribution >= 4 is 39.3 Å². The highest BCUT2D eigenvalue weighted by Crippen LogP contribution is 2.30. The second-order valence-electron chi connectivity index (χ2n) is 11.0. The molecule has 0 spiro atoms. The summed E-state index contributed by atoms with van der Waals surface area (Å²) in [4.78, 5) is 30.7. The number of benzene rings is 1. The summed E-state index contributed by atoms with van der Waals surface area (Å²) in [5.74, 6) is 0.647. The third-order valence-corrected chi connectivity index (χ3v) is 8.58. The number of carbonyl (C=O) groups excluding carboxylic acids is 1. The Hall–Kier alpha value is -2.86. The second-order valence-corrected chi connectivity index (χ2v) is 12.1. The Morgan fingerprint density at radius 2 is 1.82 bits per heavy atom. The van der Waals surface area contributed by atoms with Crippen LogP contribution in [0.5, 0.6) is 0 Å². The number of nitrogens with zero attached hydrogens (tertiary/aromatic N) is 5. The van der Waals surface area contributed by atoms with Crippen molar-refractivity contribution in [3.8, 4) is 0 Å². The van der Waals surface area contributed by atoms with Gasteiger partial charge in [-0.3, -0.25) is 9.80 Å². The summed E-state index contributed by atoms with van der Waals surface area (Å²) in [6.45, 7) is 7.70. The lowest BCUT2D eigenvalue weighted by atomic mass is 9.93. The fourth-order valence-electron chi connectivity index (χ4n) is 5.82. The van der Waals surface area contributed by atoms with Gasteiger partial charge in [-0.15, -0.1) is 11.3 Å². The number of morpholine rings is 1. The van der Waals surface area contributed by atoms with E-state index in [1.807, 2.05) is 18.2 Å². The van der Waals surface area contributed by atoms with E-state index in [-0.39, 0.29) is 30.4 Å². The Bertz CT molecular complexity index is 1320. The molecule has 3 aliphatic rings. The molecular weight excluding hydrogens is 516 g/mol. The standard InChI is InChI=1S/C28H36N6O4S/c1-17-14-33(15-18(2)38-17)16-21-11-20(30-27(31-21)29-19-3-6-23(35)7-4-19)12-26-32-24-8-5-22(13-25(24)39-26)34-9-10-37-28(34)36/h5,8,11,13,17-19,23,35H,3-4,6-7,9-10,12,14-16H2,1-2H3,(H,29,30,31)/t17-,18+,19?,23?. The lowest BCUT2D eigenvalue weighted by molar-refractivity contribution is -0.0707. The molecule has 3 aromatic rings. The Morgan fingerprint density at radius 1 is 1.05 bits per heavy atom. The van der Waals surface area contributed by atoms with Crippen LogP contribution in [0.4, 0.5) is 16.4 Å². The number of amides is 1. The lowest BCUT2D eigenvalue weighted by Crippen LogP contribution is -2.45. The average molecular weight is 553 g/mol. The zero-order valence-electron chi connectivity index (χ0n) is 22.5. The number of ether oxygens (including phenoxy) is 2. The van der Waals surface area contributed by atoms with Crippen molar-refractivity contribution < 1.29 is 19.4 Å². The van der Waals surface area contributed by atoms with Gasteiger partial charge in [-0.05, 0) is 63.8 Å². The van der Waals surface area contributed by atoms with Gasteiger partial charge in [0.15, 0.2) is 0 Å². The number of cyclic esters (lactones) is 1. The van der Waals surface area contributed by atoms with Gasteiger partial charge in [-0.1, -0.05) is 0 Å². The summed E-state index contributed by atoms with van der Waals surface area (Å²) < 4.78 is 12.1. The van der Waals surface area contributed by atoms with Gasteiger partial charge in [-0.25, -0.2) is 19.7 Å². The number of aliphatic hydroxyl groups is 1. The fraction of sp³-hybridized carbons (Fsp3) is 0.571. The van der Waals surface area contributed by atoms with Gasteiger partial charge in [0, 0.05) is 37.8 Å². The number of hydrogen-bond acceptors (Lipinski definition) is 10. The van der Waals surface area contributed by atoms with E-state index in [0.29, 0.717) is 25.5 Å². The topological polar surface area (TPSA) is 113 Å². The molecule has 3 fully saturated rings. The number of thiazole rings is 1. The zero-order valence-corrected chi connectivity index (χ0v) is 23.3. The molecule has 2 N–H and O–H groups in total. The number of hydrogen-bond donors (Lipinski definition) is 2. The molecule has 39 heavy (non-hydrogen) atoms. The van der Waals surface area contributed by atoms with Crippen LogP contribution >= 0.6 is 11.3 Å². The van der Waals surface area contributed by atoms with Crippen molar-refractivity contribution in [3.05, 3.63) is 40.7 Å². The maximum atomic E-state index is 12.0. The van der Waals surface area contributed by atoms with Crippen molar-refractivity contribution in [2.24, 2.45) is 0 Å². The molecule has 2 atom stereocenters. The lowest BCUT2D eigenvalue weighted by Gasteiger charge is -2.35. The van der Waals surface area contributed by atoms with Gasteiger partial charge >= 0.3 is 6.09 Å². The van der Waals surface area contributed by atoms with E-state index in [1.54, 1.807) is 16.2 Å². The molecule has 0 bridgehead atoms. The molecular formula is C28H36N6O4S. The van der Waals surface area contributed by atoms with Crippen LogP contribution < -0.4 is 10.2 Å². The summed E-state index contributed by atoms with van der Waals surface area (Å²) in [6.07, 6.45) is 3.90. The van der Waals surface area contributed by atoms with Crippen LogP contribution in [0.25, 0.3) is 10.2 Å². The molecule has 4 heterocycles. The van der Waals surface area contributed by atoms with Gasteiger partial charge in [0.25, 0.3) is 0 Å². The van der Waals surface area contributed by atoms with E-state index >= 15 is 0 Å². The predicted octanol–water partition coefficient (Wildman–Crippen LogP) is 3.96. The average Bonchev–Trinajstić information content (AvgIpc) is 3.49. The number of nitrogens with one attached hydrogen (secondary N) is 1. The molecule has 1 aliphatic carbocycles. The van der Waals surface area contributed by atoms with E-state index in [4.69, 9.17) is 24.4 Å². The van der Waals surface area contributed by atoms with Gasteiger partial charge in [-0.2, -0.15) is 0 Å². The third-order valence-electron chi connectivity index (χ3n) is 7.56. The van der Waals surface area contributed by atoms with Crippen molar-refractivity contribution in [3.63, 3.8) is 0 Å². The van der Waals surface area contributed by atoms with Gasteiger partial charge < -0.3 is 19.9 Å². The molecule has 0 radical (unpaired) electrons. The van der Waals surface area contributed by atoms with Crippen molar-refractivity contribution in [2.45, 2.75) is 76.9 Å². The smallest absolute Gasteiger partial charge is 0.414 e. The van der Waals surface area contributed by atoms with E-state index in [0.717, 1.165) is 77.6 Å². The molecule has 2 aromatic heterocycles. The van der Waals surface area contributed by atoms with Gasteiger partial charge in [0.05, 0.1) is 51.5 Å². The van der Waals surface area contributed by atoms with Crippen LogP contribution in [-0.2, 0) is 22.4 Å². The number of carbonyl (C=O) groups is 1. The number of aliphatic hydroxyl groups excluding tert-OH is 1. The molecule has 2 saturated heterocycles. The van der Waals surface area contributed by atoms with Crippen LogP contribution in [0, 0.1) is 0 Å². The molecule has 2 aliphatic heterocycles. The first-order valence-corrected chi connectivity index (χ1v) is 14.7. The first-order chi connectivity index (χ1) is 18.9. The molecule has 208 valence electrons. The molecule has 1 aromatic carbocycles. The summed E-state index contributed by atoms with van der Waals surface area (Å²) in [7, 11) is 0. The summed E-state index contributed by atoms with van der Waals surface area (Å²) in [5, 5.41) is 14.4. The monoisotopic (exact) mass is 552 g/mol. The first kappa shape index (κ1) is 26.4. The Balaban J connectivity index is 1.24. The minimum Gasteiger partial charge on any atom is -0.447 e. The maximum Gasteiger partial charge on any atom is 0.414 e. The molecule has 1 saturated carbocycles. The molecule has 10 nitrogen and oxygen atoms in total. The van der Waals surface area contributed by atoms with Crippen LogP contribution in [0.3, 0.4) is 0 Å². The summed E-state index contributed by atoms with van der Waals surface area (Å²) >= 11 is 1.62.